The molecule has 0 radical (unpaired) electrons. The Bertz CT molecular complexity index is 853. The molecular formula is C19H18Cl2N2O4. The highest BCUT2D eigenvalue weighted by Gasteiger charge is 2.16. The number of benzene rings is 2. The molecule has 0 aromatic heterocycles. The number of carbonyl (C=O) groups is 3. The second-order valence-corrected chi connectivity index (χ2v) is 6.68. The summed E-state index contributed by atoms with van der Waals surface area (Å²) in [6, 6.07) is 11.5. The van der Waals surface area contributed by atoms with Crippen LogP contribution in [0.2, 0.25) is 10.0 Å². The maximum Gasteiger partial charge on any atom is 0.338 e. The van der Waals surface area contributed by atoms with E-state index in [4.69, 9.17) is 27.9 Å². The molecule has 0 spiro atoms. The number of nitrogens with one attached hydrogen (secondary N) is 1. The third-order valence-corrected chi connectivity index (χ3v) is 4.36. The monoisotopic (exact) mass is 408 g/mol. The first-order chi connectivity index (χ1) is 12.8. The normalized spacial score (nSPS) is 10.2. The summed E-state index contributed by atoms with van der Waals surface area (Å²) < 4.78 is 4.99. The van der Waals surface area contributed by atoms with Gasteiger partial charge in [-0.2, -0.15) is 0 Å². The molecule has 2 aromatic carbocycles. The van der Waals surface area contributed by atoms with Crippen molar-refractivity contribution in [2.45, 2.75) is 6.92 Å². The van der Waals surface area contributed by atoms with E-state index in [0.717, 1.165) is 10.5 Å². The lowest BCUT2D eigenvalue weighted by Gasteiger charge is -2.17. The molecule has 2 aromatic rings. The fraction of sp³-hybridized carbons (Fsp3) is 0.211. The highest BCUT2D eigenvalue weighted by atomic mass is 35.5. The summed E-state index contributed by atoms with van der Waals surface area (Å²) in [7, 11) is 1.44. The number of likely N-dealkylation sites (N-methyl/N-ethyl adjacent to an activating group) is 1. The van der Waals surface area contributed by atoms with Crippen molar-refractivity contribution < 1.29 is 19.1 Å². The van der Waals surface area contributed by atoms with Crippen molar-refractivity contribution in [3.05, 3.63) is 63.6 Å². The van der Waals surface area contributed by atoms with E-state index in [9.17, 15) is 14.4 Å². The first-order valence-corrected chi connectivity index (χ1v) is 8.74. The zero-order valence-corrected chi connectivity index (χ0v) is 16.3. The first-order valence-electron chi connectivity index (χ1n) is 7.99. The third-order valence-electron chi connectivity index (χ3n) is 3.62. The number of carbonyl (C=O) groups excluding carboxylic acids is 3. The molecule has 6 nitrogen and oxygen atoms in total. The molecule has 0 heterocycles. The van der Waals surface area contributed by atoms with E-state index in [1.165, 1.54) is 13.1 Å². The van der Waals surface area contributed by atoms with Crippen LogP contribution in [0.15, 0.2) is 42.5 Å². The van der Waals surface area contributed by atoms with Crippen LogP contribution >= 0.6 is 23.2 Å². The number of aryl methyl sites for hydroxylation is 1. The van der Waals surface area contributed by atoms with Crippen LogP contribution in [0.25, 0.3) is 0 Å². The van der Waals surface area contributed by atoms with Crippen molar-refractivity contribution >= 4 is 46.7 Å². The van der Waals surface area contributed by atoms with Gasteiger partial charge in [-0.25, -0.2) is 4.79 Å². The van der Waals surface area contributed by atoms with Gasteiger partial charge in [0.05, 0.1) is 22.2 Å². The number of hydrogen-bond donors (Lipinski definition) is 1. The minimum absolute atomic E-state index is 0.207. The first kappa shape index (κ1) is 20.7. The van der Waals surface area contributed by atoms with Crippen LogP contribution in [0.1, 0.15) is 15.9 Å². The molecule has 0 bridgehead atoms. The molecule has 0 aliphatic carbocycles. The molecule has 2 amide bonds. The fourth-order valence-corrected chi connectivity index (χ4v) is 2.39. The fourth-order valence-electron chi connectivity index (χ4n) is 2.09. The standard InChI is InChI=1S/C19H18Cl2N2O4/c1-12-3-5-13(6-4-12)19(26)27-11-18(25)23(2)10-17(24)22-14-7-8-15(20)16(21)9-14/h3-9H,10-11H2,1-2H3,(H,22,24). The average molecular weight is 409 g/mol. The Balaban J connectivity index is 1.82. The molecule has 0 atom stereocenters. The second-order valence-electron chi connectivity index (χ2n) is 5.87. The van der Waals surface area contributed by atoms with Crippen LogP contribution in [-0.2, 0) is 14.3 Å². The van der Waals surface area contributed by atoms with Crippen molar-refractivity contribution in [1.82, 2.24) is 4.90 Å². The van der Waals surface area contributed by atoms with Crippen molar-refractivity contribution in [3.63, 3.8) is 0 Å². The molecule has 0 aliphatic heterocycles. The van der Waals surface area contributed by atoms with Gasteiger partial charge in [-0.1, -0.05) is 40.9 Å². The Kier molecular flexibility index (Phi) is 7.21. The highest BCUT2D eigenvalue weighted by molar-refractivity contribution is 6.42. The molecule has 0 aliphatic rings. The predicted molar refractivity (Wildman–Crippen MR) is 104 cm³/mol. The molecule has 8 heteroatoms. The van der Waals surface area contributed by atoms with Gasteiger partial charge in [0.15, 0.2) is 6.61 Å². The van der Waals surface area contributed by atoms with E-state index in [1.54, 1.807) is 36.4 Å². The molecule has 142 valence electrons. The van der Waals surface area contributed by atoms with Gasteiger partial charge in [0.25, 0.3) is 5.91 Å². The predicted octanol–water partition coefficient (Wildman–Crippen LogP) is 3.56. The smallest absolute Gasteiger partial charge is 0.338 e. The molecule has 0 fully saturated rings. The zero-order valence-electron chi connectivity index (χ0n) is 14.8. The van der Waals surface area contributed by atoms with Gasteiger partial charge in [0, 0.05) is 12.7 Å². The maximum atomic E-state index is 12.0. The number of halogens is 2. The van der Waals surface area contributed by atoms with Crippen molar-refractivity contribution in [2.24, 2.45) is 0 Å². The molecule has 27 heavy (non-hydrogen) atoms. The van der Waals surface area contributed by atoms with Gasteiger partial charge < -0.3 is 15.0 Å². The van der Waals surface area contributed by atoms with Gasteiger partial charge in [-0.3, -0.25) is 9.59 Å². The summed E-state index contributed by atoms with van der Waals surface area (Å²) >= 11 is 11.7. The topological polar surface area (TPSA) is 75.7 Å². The minimum Gasteiger partial charge on any atom is -0.452 e. The molecule has 1 N–H and O–H groups in total. The Morgan fingerprint density at radius 3 is 2.33 bits per heavy atom. The van der Waals surface area contributed by atoms with Crippen molar-refractivity contribution in [3.8, 4) is 0 Å². The Morgan fingerprint density at radius 2 is 1.70 bits per heavy atom. The van der Waals surface area contributed by atoms with Crippen LogP contribution in [0.3, 0.4) is 0 Å². The number of ether oxygens (including phenoxy) is 1. The zero-order chi connectivity index (χ0) is 20.0. The van der Waals surface area contributed by atoms with Crippen molar-refractivity contribution in [1.29, 1.82) is 0 Å². The number of rotatable bonds is 6. The summed E-state index contributed by atoms with van der Waals surface area (Å²) in [6.45, 7) is 1.24. The van der Waals surface area contributed by atoms with Crippen LogP contribution in [-0.4, -0.2) is 42.9 Å². The SMILES string of the molecule is Cc1ccc(C(=O)OCC(=O)N(C)CC(=O)Nc2ccc(Cl)c(Cl)c2)cc1. The number of amides is 2. The molecule has 0 unspecified atom stereocenters. The molecule has 0 saturated carbocycles. The lowest BCUT2D eigenvalue weighted by Crippen LogP contribution is -2.37. The van der Waals surface area contributed by atoms with Crippen LogP contribution in [0, 0.1) is 6.92 Å². The van der Waals surface area contributed by atoms with Gasteiger partial charge in [0.2, 0.25) is 5.91 Å². The lowest BCUT2D eigenvalue weighted by molar-refractivity contribution is -0.136. The Hall–Kier alpha value is -2.57. The largest absolute Gasteiger partial charge is 0.452 e. The Morgan fingerprint density at radius 1 is 1.04 bits per heavy atom. The highest BCUT2D eigenvalue weighted by Crippen LogP contribution is 2.24. The third kappa shape index (κ3) is 6.27. The minimum atomic E-state index is -0.600. The van der Waals surface area contributed by atoms with E-state index in [-0.39, 0.29) is 6.54 Å². The number of esters is 1. The summed E-state index contributed by atoms with van der Waals surface area (Å²) in [5, 5.41) is 3.29. The number of hydrogen-bond acceptors (Lipinski definition) is 4. The summed E-state index contributed by atoms with van der Waals surface area (Å²) in [5.41, 5.74) is 1.82. The van der Waals surface area contributed by atoms with Gasteiger partial charge >= 0.3 is 5.97 Å². The van der Waals surface area contributed by atoms with Crippen LogP contribution < -0.4 is 5.32 Å². The second kappa shape index (κ2) is 9.39. The molecule has 2 rings (SSSR count). The lowest BCUT2D eigenvalue weighted by atomic mass is 10.1. The van der Waals surface area contributed by atoms with Crippen molar-refractivity contribution in [2.75, 3.05) is 25.5 Å². The number of nitrogens with zero attached hydrogens (tertiary/aromatic N) is 1. The van der Waals surface area contributed by atoms with E-state index >= 15 is 0 Å². The summed E-state index contributed by atoms with van der Waals surface area (Å²) in [4.78, 5) is 37.1. The number of anilines is 1. The van der Waals surface area contributed by atoms with E-state index in [1.807, 2.05) is 6.92 Å². The van der Waals surface area contributed by atoms with E-state index in [0.29, 0.717) is 21.3 Å². The molecular weight excluding hydrogens is 391 g/mol. The molecule has 0 saturated heterocycles. The maximum absolute atomic E-state index is 12.0. The summed E-state index contributed by atoms with van der Waals surface area (Å²) in [6.07, 6.45) is 0. The average Bonchev–Trinajstić information content (AvgIpc) is 2.63. The quantitative estimate of drug-likeness (QED) is 0.741. The van der Waals surface area contributed by atoms with E-state index in [2.05, 4.69) is 5.32 Å². The summed E-state index contributed by atoms with van der Waals surface area (Å²) in [5.74, 6) is -1.52. The van der Waals surface area contributed by atoms with Crippen LogP contribution in [0.5, 0.6) is 0 Å². The van der Waals surface area contributed by atoms with Gasteiger partial charge in [-0.05, 0) is 37.3 Å². The van der Waals surface area contributed by atoms with Gasteiger partial charge in [-0.15, -0.1) is 0 Å². The van der Waals surface area contributed by atoms with Gasteiger partial charge in [0.1, 0.15) is 0 Å². The Labute approximate surface area is 167 Å². The van der Waals surface area contributed by atoms with E-state index < -0.39 is 24.4 Å². The van der Waals surface area contributed by atoms with Crippen LogP contribution in [0.4, 0.5) is 5.69 Å².